The van der Waals surface area contributed by atoms with E-state index in [0.29, 0.717) is 19.0 Å². The predicted molar refractivity (Wildman–Crippen MR) is 75.5 cm³/mol. The Morgan fingerprint density at radius 2 is 2.10 bits per heavy atom. The van der Waals surface area contributed by atoms with Crippen molar-refractivity contribution in [1.29, 1.82) is 0 Å². The number of hydrogen-bond acceptors (Lipinski definition) is 3. The van der Waals surface area contributed by atoms with Gasteiger partial charge in [0.1, 0.15) is 6.04 Å². The second-order valence-electron chi connectivity index (χ2n) is 5.73. The molecule has 6 nitrogen and oxygen atoms in total. The van der Waals surface area contributed by atoms with Crippen LogP contribution in [-0.4, -0.2) is 54.2 Å². The highest BCUT2D eigenvalue weighted by Gasteiger charge is 2.49. The molecule has 1 aliphatic carbocycles. The Morgan fingerprint density at radius 3 is 2.80 bits per heavy atom. The molecule has 114 valence electrons. The van der Waals surface area contributed by atoms with Crippen molar-refractivity contribution in [3.63, 3.8) is 0 Å². The zero-order valence-corrected chi connectivity index (χ0v) is 12.1. The van der Waals surface area contributed by atoms with Crippen molar-refractivity contribution < 1.29 is 14.7 Å². The average Bonchev–Trinajstić information content (AvgIpc) is 2.97. The van der Waals surface area contributed by atoms with E-state index in [2.05, 4.69) is 10.6 Å². The number of amides is 2. The predicted octanol–water partition coefficient (Wildman–Crippen LogP) is 0.881. The second-order valence-corrected chi connectivity index (χ2v) is 5.73. The van der Waals surface area contributed by atoms with Gasteiger partial charge in [-0.3, -0.25) is 0 Å². The quantitative estimate of drug-likeness (QED) is 0.632. The number of carboxylic acids is 1. The molecular formula is C14H25N3O3. The molecule has 0 aromatic rings. The average molecular weight is 283 g/mol. The topological polar surface area (TPSA) is 81.7 Å². The molecule has 2 rings (SSSR count). The van der Waals surface area contributed by atoms with Gasteiger partial charge in [0.15, 0.2) is 0 Å². The molecule has 0 radical (unpaired) electrons. The van der Waals surface area contributed by atoms with Crippen LogP contribution in [0.2, 0.25) is 0 Å². The van der Waals surface area contributed by atoms with Gasteiger partial charge in [-0.2, -0.15) is 0 Å². The summed E-state index contributed by atoms with van der Waals surface area (Å²) in [5.74, 6) is -0.328. The number of nitrogens with zero attached hydrogens (tertiary/aromatic N) is 1. The number of urea groups is 1. The van der Waals surface area contributed by atoms with Gasteiger partial charge in [-0.25, -0.2) is 9.59 Å². The highest BCUT2D eigenvalue weighted by atomic mass is 16.4. The van der Waals surface area contributed by atoms with Crippen molar-refractivity contribution in [2.24, 2.45) is 11.8 Å². The normalized spacial score (nSPS) is 28.4. The van der Waals surface area contributed by atoms with E-state index >= 15 is 0 Å². The number of rotatable bonds is 6. The van der Waals surface area contributed by atoms with E-state index in [4.69, 9.17) is 0 Å². The molecule has 0 spiro atoms. The summed E-state index contributed by atoms with van der Waals surface area (Å²) >= 11 is 0. The van der Waals surface area contributed by atoms with E-state index in [1.807, 2.05) is 6.92 Å². The highest BCUT2D eigenvalue weighted by Crippen LogP contribution is 2.42. The summed E-state index contributed by atoms with van der Waals surface area (Å²) in [6.07, 6.45) is 3.94. The van der Waals surface area contributed by atoms with Crippen LogP contribution < -0.4 is 10.6 Å². The van der Waals surface area contributed by atoms with Gasteiger partial charge in [0, 0.05) is 13.1 Å². The summed E-state index contributed by atoms with van der Waals surface area (Å²) in [6, 6.07) is -0.848. The third kappa shape index (κ3) is 3.23. The molecule has 1 saturated carbocycles. The van der Waals surface area contributed by atoms with Gasteiger partial charge >= 0.3 is 12.0 Å². The first kappa shape index (κ1) is 15.1. The molecule has 3 atom stereocenters. The van der Waals surface area contributed by atoms with Crippen LogP contribution in [0.5, 0.6) is 0 Å². The molecule has 1 heterocycles. The van der Waals surface area contributed by atoms with Crippen molar-refractivity contribution in [2.45, 2.75) is 38.6 Å². The zero-order chi connectivity index (χ0) is 14.5. The van der Waals surface area contributed by atoms with Crippen molar-refractivity contribution >= 4 is 12.0 Å². The number of fused-ring (bicyclic) bond motifs is 1. The standard InChI is InChI=1S/C14H25N3O3/c1-2-15-7-4-8-16-14(20)17-9-10-5-3-6-11(10)12(17)13(18)19/h10-12,15H,2-9H2,1H3,(H,16,20)(H,18,19). The van der Waals surface area contributed by atoms with E-state index in [-0.39, 0.29) is 11.9 Å². The molecule has 1 saturated heterocycles. The monoisotopic (exact) mass is 283 g/mol. The summed E-state index contributed by atoms with van der Waals surface area (Å²) in [5.41, 5.74) is 0. The van der Waals surface area contributed by atoms with Gasteiger partial charge in [-0.15, -0.1) is 0 Å². The number of nitrogens with one attached hydrogen (secondary N) is 2. The number of likely N-dealkylation sites (tertiary alicyclic amines) is 1. The Hall–Kier alpha value is -1.30. The van der Waals surface area contributed by atoms with Crippen molar-refractivity contribution in [3.05, 3.63) is 0 Å². The Balaban J connectivity index is 1.84. The fraction of sp³-hybridized carbons (Fsp3) is 0.857. The third-order valence-corrected chi connectivity index (χ3v) is 4.46. The molecule has 3 N–H and O–H groups in total. The van der Waals surface area contributed by atoms with Gasteiger partial charge in [0.05, 0.1) is 0 Å². The first-order valence-electron chi connectivity index (χ1n) is 7.63. The van der Waals surface area contributed by atoms with Crippen LogP contribution in [0.4, 0.5) is 4.79 Å². The summed E-state index contributed by atoms with van der Waals surface area (Å²) in [4.78, 5) is 25.1. The fourth-order valence-electron chi connectivity index (χ4n) is 3.52. The van der Waals surface area contributed by atoms with E-state index < -0.39 is 12.0 Å². The van der Waals surface area contributed by atoms with Gasteiger partial charge in [0.25, 0.3) is 0 Å². The minimum Gasteiger partial charge on any atom is -0.480 e. The van der Waals surface area contributed by atoms with Crippen LogP contribution in [0.15, 0.2) is 0 Å². The molecule has 0 aromatic heterocycles. The summed E-state index contributed by atoms with van der Waals surface area (Å²) in [5, 5.41) is 15.4. The first-order chi connectivity index (χ1) is 9.65. The minimum atomic E-state index is -0.859. The Morgan fingerprint density at radius 1 is 1.30 bits per heavy atom. The molecule has 0 aromatic carbocycles. The van der Waals surface area contributed by atoms with Gasteiger partial charge < -0.3 is 20.6 Å². The van der Waals surface area contributed by atoms with Crippen LogP contribution in [0.1, 0.15) is 32.6 Å². The first-order valence-corrected chi connectivity index (χ1v) is 7.63. The van der Waals surface area contributed by atoms with Crippen LogP contribution in [0, 0.1) is 11.8 Å². The molecule has 1 aliphatic heterocycles. The highest BCUT2D eigenvalue weighted by molar-refractivity contribution is 5.83. The minimum absolute atomic E-state index is 0.153. The number of carbonyl (C=O) groups excluding carboxylic acids is 1. The molecule has 20 heavy (non-hydrogen) atoms. The largest absolute Gasteiger partial charge is 0.480 e. The van der Waals surface area contributed by atoms with Crippen LogP contribution in [-0.2, 0) is 4.79 Å². The zero-order valence-electron chi connectivity index (χ0n) is 12.1. The van der Waals surface area contributed by atoms with Gasteiger partial charge in [0.2, 0.25) is 0 Å². The molecule has 6 heteroatoms. The lowest BCUT2D eigenvalue weighted by Crippen LogP contribution is -2.48. The molecule has 3 unspecified atom stereocenters. The van der Waals surface area contributed by atoms with Gasteiger partial charge in [-0.1, -0.05) is 13.3 Å². The van der Waals surface area contributed by atoms with E-state index in [9.17, 15) is 14.7 Å². The van der Waals surface area contributed by atoms with Crippen molar-refractivity contribution in [3.8, 4) is 0 Å². The maximum atomic E-state index is 12.2. The van der Waals surface area contributed by atoms with Crippen molar-refractivity contribution in [2.75, 3.05) is 26.2 Å². The molecule has 2 fully saturated rings. The fourth-order valence-corrected chi connectivity index (χ4v) is 3.52. The van der Waals surface area contributed by atoms with E-state index in [1.165, 1.54) is 4.90 Å². The van der Waals surface area contributed by atoms with Gasteiger partial charge in [-0.05, 0) is 44.2 Å². The summed E-state index contributed by atoms with van der Waals surface area (Å²) < 4.78 is 0. The molecule has 2 aliphatic rings. The lowest BCUT2D eigenvalue weighted by molar-refractivity contribution is -0.142. The molecule has 2 amide bonds. The lowest BCUT2D eigenvalue weighted by Gasteiger charge is -2.24. The van der Waals surface area contributed by atoms with Crippen molar-refractivity contribution in [1.82, 2.24) is 15.5 Å². The molecule has 0 bridgehead atoms. The number of hydrogen-bond donors (Lipinski definition) is 3. The number of carboxylic acid groups (broad SMARTS) is 1. The van der Waals surface area contributed by atoms with E-state index in [0.717, 1.165) is 38.8 Å². The number of carbonyl (C=O) groups is 2. The maximum Gasteiger partial charge on any atom is 0.326 e. The Bertz CT molecular complexity index is 362. The third-order valence-electron chi connectivity index (χ3n) is 4.46. The summed E-state index contributed by atoms with van der Waals surface area (Å²) in [7, 11) is 0. The number of aliphatic carboxylic acids is 1. The summed E-state index contributed by atoms with van der Waals surface area (Å²) in [6.45, 7) is 5.01. The molecular weight excluding hydrogens is 258 g/mol. The maximum absolute atomic E-state index is 12.2. The van der Waals surface area contributed by atoms with Crippen LogP contribution in [0.3, 0.4) is 0 Å². The van der Waals surface area contributed by atoms with E-state index in [1.54, 1.807) is 0 Å². The lowest BCUT2D eigenvalue weighted by atomic mass is 9.94. The smallest absolute Gasteiger partial charge is 0.326 e. The second kappa shape index (κ2) is 6.92. The van der Waals surface area contributed by atoms with Crippen LogP contribution in [0.25, 0.3) is 0 Å². The Labute approximate surface area is 119 Å². The Kier molecular flexibility index (Phi) is 5.23. The van der Waals surface area contributed by atoms with Crippen LogP contribution >= 0.6 is 0 Å². The SMILES string of the molecule is CCNCCCNC(=O)N1CC2CCCC2C1C(=O)O.